The molecule has 0 spiro atoms. The van der Waals surface area contributed by atoms with Crippen LogP contribution in [0.15, 0.2) is 0 Å². The number of rotatable bonds is 0. The lowest BCUT2D eigenvalue weighted by Gasteiger charge is -2.55. The molecule has 0 radical (unpaired) electrons. The fourth-order valence-corrected chi connectivity index (χ4v) is 8.08. The first-order chi connectivity index (χ1) is 11.3. The predicted molar refractivity (Wildman–Crippen MR) is 92.9 cm³/mol. The zero-order valence-electron chi connectivity index (χ0n) is 14.7. The van der Waals surface area contributed by atoms with Crippen LogP contribution in [0.3, 0.4) is 0 Å². The molecule has 0 aromatic carbocycles. The molecule has 1 heteroatoms. The van der Waals surface area contributed by atoms with Crippen molar-refractivity contribution in [3.63, 3.8) is 0 Å². The SMILES string of the molecule is O=C1C2C(CCC3CCCCC32)CC2CCC3CCCCC3C12. The van der Waals surface area contributed by atoms with Crippen molar-refractivity contribution in [3.05, 3.63) is 0 Å². The Labute approximate surface area is 142 Å². The van der Waals surface area contributed by atoms with Gasteiger partial charge in [-0.05, 0) is 80.5 Å². The van der Waals surface area contributed by atoms with Gasteiger partial charge in [0.1, 0.15) is 5.78 Å². The third-order valence-electron chi connectivity index (χ3n) is 8.95. The average Bonchev–Trinajstić information content (AvgIpc) is 2.61. The maximum absolute atomic E-state index is 13.7. The standard InChI is InChI=1S/C22H34O/c23-22-20-16(11-9-14-5-1-3-7-18(14)20)13-17-12-10-15-6-2-4-8-19(15)21(17)22/h14-21H,1-13H2. The van der Waals surface area contributed by atoms with E-state index in [1.54, 1.807) is 0 Å². The number of Topliss-reactive ketones (excluding diaryl/α,β-unsaturated/α-hetero) is 1. The van der Waals surface area contributed by atoms with Crippen LogP contribution in [0.5, 0.6) is 0 Å². The normalized spacial score (nSPS) is 52.8. The molecule has 5 saturated carbocycles. The lowest BCUT2D eigenvalue weighted by molar-refractivity contribution is -0.150. The van der Waals surface area contributed by atoms with Crippen molar-refractivity contribution in [1.29, 1.82) is 0 Å². The third-order valence-corrected chi connectivity index (χ3v) is 8.95. The summed E-state index contributed by atoms with van der Waals surface area (Å²) in [6, 6.07) is 0. The van der Waals surface area contributed by atoms with Gasteiger partial charge in [0.15, 0.2) is 0 Å². The molecule has 5 rings (SSSR count). The van der Waals surface area contributed by atoms with Crippen molar-refractivity contribution in [3.8, 4) is 0 Å². The van der Waals surface area contributed by atoms with Crippen molar-refractivity contribution in [2.45, 2.75) is 83.5 Å². The summed E-state index contributed by atoms with van der Waals surface area (Å²) in [5, 5.41) is 0. The van der Waals surface area contributed by atoms with E-state index >= 15 is 0 Å². The molecule has 23 heavy (non-hydrogen) atoms. The van der Waals surface area contributed by atoms with Gasteiger partial charge in [0.2, 0.25) is 0 Å². The quantitative estimate of drug-likeness (QED) is 0.567. The van der Waals surface area contributed by atoms with E-state index in [2.05, 4.69) is 0 Å². The number of fused-ring (bicyclic) bond motifs is 6. The zero-order chi connectivity index (χ0) is 15.4. The van der Waals surface area contributed by atoms with E-state index in [0.29, 0.717) is 11.8 Å². The molecule has 0 saturated heterocycles. The Hall–Kier alpha value is -0.330. The molecule has 1 nitrogen and oxygen atoms in total. The number of hydrogen-bond acceptors (Lipinski definition) is 1. The minimum Gasteiger partial charge on any atom is -0.299 e. The van der Waals surface area contributed by atoms with Crippen LogP contribution in [0.25, 0.3) is 0 Å². The summed E-state index contributed by atoms with van der Waals surface area (Å²) < 4.78 is 0. The molecule has 128 valence electrons. The van der Waals surface area contributed by atoms with Gasteiger partial charge < -0.3 is 0 Å². The van der Waals surface area contributed by atoms with Crippen LogP contribution in [0, 0.1) is 47.3 Å². The highest BCUT2D eigenvalue weighted by molar-refractivity contribution is 5.85. The van der Waals surface area contributed by atoms with Gasteiger partial charge in [0, 0.05) is 11.8 Å². The minimum atomic E-state index is 0.496. The van der Waals surface area contributed by atoms with E-state index in [9.17, 15) is 4.79 Å². The molecular weight excluding hydrogens is 280 g/mol. The molecule has 5 aliphatic carbocycles. The molecular formula is C22H34O. The second-order valence-corrected chi connectivity index (χ2v) is 9.78. The van der Waals surface area contributed by atoms with E-state index in [1.807, 2.05) is 0 Å². The van der Waals surface area contributed by atoms with Gasteiger partial charge in [-0.15, -0.1) is 0 Å². The number of carbonyl (C=O) groups is 1. The topological polar surface area (TPSA) is 17.1 Å². The highest BCUT2D eigenvalue weighted by atomic mass is 16.1. The van der Waals surface area contributed by atoms with Crippen LogP contribution in [-0.2, 0) is 4.79 Å². The third kappa shape index (κ3) is 2.35. The Morgan fingerprint density at radius 1 is 0.522 bits per heavy atom. The molecule has 0 bridgehead atoms. The van der Waals surface area contributed by atoms with Crippen LogP contribution in [-0.4, -0.2) is 5.78 Å². The summed E-state index contributed by atoms with van der Waals surface area (Å²) in [7, 11) is 0. The zero-order valence-corrected chi connectivity index (χ0v) is 14.7. The van der Waals surface area contributed by atoms with Crippen LogP contribution in [0.1, 0.15) is 83.5 Å². The van der Waals surface area contributed by atoms with Crippen LogP contribution in [0.2, 0.25) is 0 Å². The Morgan fingerprint density at radius 2 is 0.957 bits per heavy atom. The van der Waals surface area contributed by atoms with Crippen LogP contribution >= 0.6 is 0 Å². The smallest absolute Gasteiger partial charge is 0.140 e. The Bertz CT molecular complexity index is 429. The highest BCUT2D eigenvalue weighted by Gasteiger charge is 2.54. The summed E-state index contributed by atoms with van der Waals surface area (Å²) >= 11 is 0. The Balaban J connectivity index is 1.43. The summed E-state index contributed by atoms with van der Waals surface area (Å²) in [5.74, 6) is 6.75. The highest BCUT2D eigenvalue weighted by Crippen LogP contribution is 2.58. The first kappa shape index (κ1) is 15.0. The molecule has 0 aromatic heterocycles. The van der Waals surface area contributed by atoms with Gasteiger partial charge in [-0.25, -0.2) is 0 Å². The van der Waals surface area contributed by atoms with Gasteiger partial charge in [-0.3, -0.25) is 4.79 Å². The largest absolute Gasteiger partial charge is 0.299 e. The Kier molecular flexibility index (Phi) is 3.83. The number of carbonyl (C=O) groups excluding carboxylic acids is 1. The average molecular weight is 315 g/mol. The maximum Gasteiger partial charge on any atom is 0.140 e. The molecule has 8 unspecified atom stereocenters. The molecule has 0 heterocycles. The van der Waals surface area contributed by atoms with E-state index in [0.717, 1.165) is 41.3 Å². The minimum absolute atomic E-state index is 0.496. The monoisotopic (exact) mass is 314 g/mol. The summed E-state index contributed by atoms with van der Waals surface area (Å²) in [4.78, 5) is 13.7. The number of ketones is 1. The lowest BCUT2D eigenvalue weighted by atomic mass is 9.49. The fraction of sp³-hybridized carbons (Fsp3) is 0.955. The predicted octanol–water partition coefficient (Wildman–Crippen LogP) is 5.62. The second-order valence-electron chi connectivity index (χ2n) is 9.78. The van der Waals surface area contributed by atoms with Crippen molar-refractivity contribution < 1.29 is 4.79 Å². The molecule has 0 amide bonds. The number of hydrogen-bond donors (Lipinski definition) is 0. The molecule has 0 aliphatic heterocycles. The van der Waals surface area contributed by atoms with Gasteiger partial charge >= 0.3 is 0 Å². The summed E-state index contributed by atoms with van der Waals surface area (Å²) in [6.07, 6.45) is 18.4. The lowest BCUT2D eigenvalue weighted by Crippen LogP contribution is -2.53. The van der Waals surface area contributed by atoms with Gasteiger partial charge in [0.25, 0.3) is 0 Å². The molecule has 5 fully saturated rings. The van der Waals surface area contributed by atoms with Gasteiger partial charge in [-0.2, -0.15) is 0 Å². The fourth-order valence-electron chi connectivity index (χ4n) is 8.08. The first-order valence-corrected chi connectivity index (χ1v) is 10.9. The maximum atomic E-state index is 13.7. The Morgan fingerprint density at radius 3 is 1.48 bits per heavy atom. The molecule has 8 atom stereocenters. The molecule has 0 aromatic rings. The molecule has 0 N–H and O–H groups in total. The van der Waals surface area contributed by atoms with E-state index in [4.69, 9.17) is 0 Å². The summed E-state index contributed by atoms with van der Waals surface area (Å²) in [5.41, 5.74) is 0. The van der Waals surface area contributed by atoms with E-state index in [-0.39, 0.29) is 0 Å². The van der Waals surface area contributed by atoms with Crippen LogP contribution < -0.4 is 0 Å². The molecule has 5 aliphatic rings. The van der Waals surface area contributed by atoms with Gasteiger partial charge in [-0.1, -0.05) is 38.5 Å². The van der Waals surface area contributed by atoms with Crippen molar-refractivity contribution in [2.75, 3.05) is 0 Å². The van der Waals surface area contributed by atoms with Crippen molar-refractivity contribution in [1.82, 2.24) is 0 Å². The van der Waals surface area contributed by atoms with E-state index in [1.165, 1.54) is 83.5 Å². The summed E-state index contributed by atoms with van der Waals surface area (Å²) in [6.45, 7) is 0. The van der Waals surface area contributed by atoms with Crippen molar-refractivity contribution in [2.24, 2.45) is 47.3 Å². The van der Waals surface area contributed by atoms with E-state index < -0.39 is 0 Å². The van der Waals surface area contributed by atoms with Crippen LogP contribution in [0.4, 0.5) is 0 Å². The first-order valence-electron chi connectivity index (χ1n) is 10.9. The van der Waals surface area contributed by atoms with Gasteiger partial charge in [0.05, 0.1) is 0 Å². The van der Waals surface area contributed by atoms with Crippen molar-refractivity contribution >= 4 is 5.78 Å². The second kappa shape index (κ2) is 5.88.